The van der Waals surface area contributed by atoms with Gasteiger partial charge in [-0.15, -0.1) is 0 Å². The van der Waals surface area contributed by atoms with E-state index in [2.05, 4.69) is 0 Å². The molecule has 0 aliphatic rings. The van der Waals surface area contributed by atoms with Crippen molar-refractivity contribution in [1.82, 2.24) is 4.31 Å². The quantitative estimate of drug-likeness (QED) is 0.360. The van der Waals surface area contributed by atoms with Crippen molar-refractivity contribution in [2.24, 2.45) is 0 Å². The summed E-state index contributed by atoms with van der Waals surface area (Å²) in [7, 11) is -0.717. The van der Waals surface area contributed by atoms with Crippen LogP contribution in [-0.2, 0) is 10.0 Å². The van der Waals surface area contributed by atoms with Crippen LogP contribution < -0.4 is 10.4 Å². The fourth-order valence-electron chi connectivity index (χ4n) is 2.85. The third-order valence-corrected chi connectivity index (χ3v) is 6.28. The molecule has 1 aromatic heterocycles. The zero-order valence-corrected chi connectivity index (χ0v) is 17.3. The molecular formula is C21H21NO6S. The summed E-state index contributed by atoms with van der Waals surface area (Å²) in [6.45, 7) is 3.95. The fraction of sp³-hybridized carbons (Fsp3) is 0.238. The minimum absolute atomic E-state index is 0.0766. The van der Waals surface area contributed by atoms with Crippen LogP contribution in [0.2, 0.25) is 0 Å². The first-order valence-electron chi connectivity index (χ1n) is 8.92. The van der Waals surface area contributed by atoms with Crippen molar-refractivity contribution in [2.45, 2.75) is 24.7 Å². The van der Waals surface area contributed by atoms with Gasteiger partial charge in [0.25, 0.3) is 0 Å². The van der Waals surface area contributed by atoms with E-state index in [-0.39, 0.29) is 22.1 Å². The van der Waals surface area contributed by atoms with E-state index in [1.54, 1.807) is 12.1 Å². The van der Waals surface area contributed by atoms with Gasteiger partial charge in [0.15, 0.2) is 0 Å². The van der Waals surface area contributed by atoms with Gasteiger partial charge < -0.3 is 9.15 Å². The molecular weight excluding hydrogens is 394 g/mol. The van der Waals surface area contributed by atoms with Crippen molar-refractivity contribution in [3.8, 4) is 5.75 Å². The van der Waals surface area contributed by atoms with Gasteiger partial charge in [-0.1, -0.05) is 13.8 Å². The van der Waals surface area contributed by atoms with Crippen molar-refractivity contribution < 1.29 is 22.4 Å². The summed E-state index contributed by atoms with van der Waals surface area (Å²) in [4.78, 5) is 24.3. The molecule has 152 valence electrons. The Morgan fingerprint density at radius 2 is 1.69 bits per heavy atom. The molecule has 1 heterocycles. The minimum atomic E-state index is -3.58. The zero-order chi connectivity index (χ0) is 21.3. The topological polar surface area (TPSA) is 93.9 Å². The molecule has 0 aliphatic heterocycles. The predicted molar refractivity (Wildman–Crippen MR) is 109 cm³/mol. The van der Waals surface area contributed by atoms with Gasteiger partial charge in [-0.3, -0.25) is 0 Å². The lowest BCUT2D eigenvalue weighted by Gasteiger charge is -2.12. The Kier molecular flexibility index (Phi) is 5.59. The third kappa shape index (κ3) is 4.23. The van der Waals surface area contributed by atoms with E-state index in [1.807, 2.05) is 13.8 Å². The molecule has 0 amide bonds. The Labute approximate surface area is 168 Å². The third-order valence-electron chi connectivity index (χ3n) is 4.45. The molecule has 2 aromatic carbocycles. The Bertz CT molecular complexity index is 1220. The molecule has 0 N–H and O–H groups in total. The van der Waals surface area contributed by atoms with Crippen LogP contribution >= 0.6 is 0 Å². The SMILES string of the molecule is CC(C)c1cc(=O)oc2cc(OC(=O)c3ccc(S(=O)(=O)N(C)C)cc3)ccc12. The average Bonchev–Trinajstić information content (AvgIpc) is 2.66. The molecule has 0 saturated carbocycles. The molecule has 3 aromatic rings. The van der Waals surface area contributed by atoms with Gasteiger partial charge >= 0.3 is 11.6 Å². The van der Waals surface area contributed by atoms with Crippen LogP contribution in [0.25, 0.3) is 11.0 Å². The van der Waals surface area contributed by atoms with Gasteiger partial charge in [0, 0.05) is 31.6 Å². The summed E-state index contributed by atoms with van der Waals surface area (Å²) < 4.78 is 35.9. The van der Waals surface area contributed by atoms with Crippen LogP contribution in [0.15, 0.2) is 62.6 Å². The van der Waals surface area contributed by atoms with Crippen molar-refractivity contribution in [2.75, 3.05) is 14.1 Å². The summed E-state index contributed by atoms with van der Waals surface area (Å²) in [5, 5.41) is 0.776. The first-order chi connectivity index (χ1) is 13.6. The maximum absolute atomic E-state index is 12.4. The van der Waals surface area contributed by atoms with Crippen LogP contribution in [0.4, 0.5) is 0 Å². The van der Waals surface area contributed by atoms with Crippen molar-refractivity contribution in [3.05, 3.63) is 70.1 Å². The first-order valence-corrected chi connectivity index (χ1v) is 10.4. The number of hydrogen-bond donors (Lipinski definition) is 0. The van der Waals surface area contributed by atoms with Crippen LogP contribution in [0.5, 0.6) is 5.75 Å². The number of sulfonamides is 1. The highest BCUT2D eigenvalue weighted by Crippen LogP contribution is 2.27. The number of hydrogen-bond acceptors (Lipinski definition) is 6. The van der Waals surface area contributed by atoms with Gasteiger partial charge in [0.1, 0.15) is 11.3 Å². The predicted octanol–water partition coefficient (Wildman–Crippen LogP) is 3.39. The molecule has 0 atom stereocenters. The summed E-state index contributed by atoms with van der Waals surface area (Å²) >= 11 is 0. The molecule has 7 nitrogen and oxygen atoms in total. The highest BCUT2D eigenvalue weighted by Gasteiger charge is 2.18. The van der Waals surface area contributed by atoms with Gasteiger partial charge in [-0.25, -0.2) is 22.3 Å². The van der Waals surface area contributed by atoms with Gasteiger partial charge in [-0.05, 0) is 47.9 Å². The van der Waals surface area contributed by atoms with Crippen LogP contribution in [-0.4, -0.2) is 32.8 Å². The number of nitrogens with zero attached hydrogens (tertiary/aromatic N) is 1. The lowest BCUT2D eigenvalue weighted by molar-refractivity contribution is 0.0735. The zero-order valence-electron chi connectivity index (χ0n) is 16.5. The number of ether oxygens (including phenoxy) is 1. The molecule has 0 saturated heterocycles. The first kappa shape index (κ1) is 20.8. The number of esters is 1. The molecule has 0 aliphatic carbocycles. The van der Waals surface area contributed by atoms with Crippen LogP contribution in [0.1, 0.15) is 35.7 Å². The van der Waals surface area contributed by atoms with E-state index in [4.69, 9.17) is 9.15 Å². The van der Waals surface area contributed by atoms with E-state index >= 15 is 0 Å². The fourth-order valence-corrected chi connectivity index (χ4v) is 3.75. The number of carbonyl (C=O) groups excluding carboxylic acids is 1. The van der Waals surface area contributed by atoms with Gasteiger partial charge in [-0.2, -0.15) is 0 Å². The number of benzene rings is 2. The van der Waals surface area contributed by atoms with Gasteiger partial charge in [0.05, 0.1) is 10.5 Å². The van der Waals surface area contributed by atoms with Gasteiger partial charge in [0.2, 0.25) is 10.0 Å². The largest absolute Gasteiger partial charge is 0.423 e. The van der Waals surface area contributed by atoms with E-state index in [9.17, 15) is 18.0 Å². The van der Waals surface area contributed by atoms with E-state index in [0.29, 0.717) is 5.58 Å². The number of rotatable bonds is 5. The Morgan fingerprint density at radius 1 is 1.03 bits per heavy atom. The van der Waals surface area contributed by atoms with Crippen molar-refractivity contribution in [1.29, 1.82) is 0 Å². The van der Waals surface area contributed by atoms with E-state index in [0.717, 1.165) is 15.3 Å². The minimum Gasteiger partial charge on any atom is -0.423 e. The lowest BCUT2D eigenvalue weighted by atomic mass is 10.00. The van der Waals surface area contributed by atoms with Crippen molar-refractivity contribution in [3.63, 3.8) is 0 Å². The highest BCUT2D eigenvalue weighted by atomic mass is 32.2. The van der Waals surface area contributed by atoms with Crippen LogP contribution in [0.3, 0.4) is 0 Å². The second-order valence-corrected chi connectivity index (χ2v) is 9.19. The average molecular weight is 415 g/mol. The molecule has 0 fully saturated rings. The maximum Gasteiger partial charge on any atom is 0.343 e. The van der Waals surface area contributed by atoms with E-state index in [1.165, 1.54) is 50.5 Å². The molecule has 0 spiro atoms. The summed E-state index contributed by atoms with van der Waals surface area (Å²) in [6.07, 6.45) is 0. The lowest BCUT2D eigenvalue weighted by Crippen LogP contribution is -2.22. The Hall–Kier alpha value is -2.97. The second-order valence-electron chi connectivity index (χ2n) is 7.03. The molecule has 29 heavy (non-hydrogen) atoms. The summed E-state index contributed by atoms with van der Waals surface area (Å²) in [6, 6.07) is 11.8. The Balaban J connectivity index is 1.87. The molecule has 0 radical (unpaired) electrons. The molecule has 8 heteroatoms. The maximum atomic E-state index is 12.4. The summed E-state index contributed by atoms with van der Waals surface area (Å²) in [5.74, 6) is -0.302. The molecule has 0 unspecified atom stereocenters. The smallest absolute Gasteiger partial charge is 0.343 e. The van der Waals surface area contributed by atoms with Crippen LogP contribution in [0, 0.1) is 0 Å². The number of carbonyl (C=O) groups is 1. The second kappa shape index (κ2) is 7.81. The Morgan fingerprint density at radius 3 is 2.28 bits per heavy atom. The number of fused-ring (bicyclic) bond motifs is 1. The summed E-state index contributed by atoms with van der Waals surface area (Å²) in [5.41, 5.74) is 0.910. The highest BCUT2D eigenvalue weighted by molar-refractivity contribution is 7.89. The molecule has 3 rings (SSSR count). The normalized spacial score (nSPS) is 11.9. The van der Waals surface area contributed by atoms with E-state index < -0.39 is 21.6 Å². The molecule has 0 bridgehead atoms. The monoisotopic (exact) mass is 415 g/mol. The standard InChI is InChI=1S/C21H21NO6S/c1-13(2)18-12-20(23)28-19-11-15(7-10-17(18)19)27-21(24)14-5-8-16(9-6-14)29(25,26)22(3)4/h5-13H,1-4H3. The van der Waals surface area contributed by atoms with Crippen molar-refractivity contribution >= 4 is 27.0 Å².